The topological polar surface area (TPSA) is 197 Å². The van der Waals surface area contributed by atoms with Crippen molar-refractivity contribution in [3.63, 3.8) is 0 Å². The van der Waals surface area contributed by atoms with E-state index in [1.54, 1.807) is 0 Å². The van der Waals surface area contributed by atoms with Crippen LogP contribution in [0, 0.1) is 0 Å². The van der Waals surface area contributed by atoms with Crippen molar-refractivity contribution in [2.45, 2.75) is 130 Å². The van der Waals surface area contributed by atoms with Crippen molar-refractivity contribution in [2.24, 2.45) is 0 Å². The summed E-state index contributed by atoms with van der Waals surface area (Å²) >= 11 is 0. The summed E-state index contributed by atoms with van der Waals surface area (Å²) < 4.78 is 16.8. The smallest absolute Gasteiger partial charge is 0.550 e. The zero-order valence-electron chi connectivity index (χ0n) is 25.5. The first-order valence-corrected chi connectivity index (χ1v) is 14.4. The molecule has 0 radical (unpaired) electrons. The van der Waals surface area contributed by atoms with Crippen LogP contribution in [0.5, 0.6) is 0 Å². The Balaban J connectivity index is -0.000000139. The number of carbonyl (C=O) groups is 4. The molecule has 0 N–H and O–H groups in total. The van der Waals surface area contributed by atoms with Crippen LogP contribution >= 0.6 is 0 Å². The maximum absolute atomic E-state index is 9.70. The van der Waals surface area contributed by atoms with E-state index in [1.165, 1.54) is 0 Å². The SMILES string of the molecule is CCCCCCOC(=O)[O-].CCCCCCOC(=O)[O-].CCCCCCOC(=O)[O-].CCCCCCOC(=O)[O-].[Sn+4]. The van der Waals surface area contributed by atoms with E-state index in [0.717, 1.165) is 103 Å². The van der Waals surface area contributed by atoms with Crippen LogP contribution in [0.15, 0.2) is 0 Å². The van der Waals surface area contributed by atoms with Crippen molar-refractivity contribution in [3.05, 3.63) is 0 Å². The van der Waals surface area contributed by atoms with Gasteiger partial charge in [0.2, 0.25) is 0 Å². The van der Waals surface area contributed by atoms with Gasteiger partial charge in [-0.3, -0.25) is 0 Å². The molecule has 12 nitrogen and oxygen atoms in total. The predicted octanol–water partition coefficient (Wildman–Crippen LogP) is 3.33. The number of carbonyl (C=O) groups excluding carboxylic acids is 4. The first-order valence-electron chi connectivity index (χ1n) is 14.4. The fraction of sp³-hybridized carbons (Fsp3) is 0.857. The number of hydrogen-bond acceptors (Lipinski definition) is 12. The second-order valence-corrected chi connectivity index (χ2v) is 8.64. The zero-order chi connectivity index (χ0) is 31.3. The van der Waals surface area contributed by atoms with Crippen molar-refractivity contribution in [1.82, 2.24) is 0 Å². The molecule has 0 saturated carbocycles. The molecule has 0 aromatic heterocycles. The standard InChI is InChI=1S/4C7H14O3.Sn/c4*1-2-3-4-5-6-10-7(8)9;/h4*2-6H2,1H3,(H,8,9);/q;;;;+4/p-4. The molecule has 0 unspecified atom stereocenters. The summed E-state index contributed by atoms with van der Waals surface area (Å²) in [5, 5.41) is 38.8. The average Bonchev–Trinajstić information content (AvgIpc) is 2.89. The summed E-state index contributed by atoms with van der Waals surface area (Å²) in [5.41, 5.74) is 0. The molecule has 0 aliphatic rings. The Morgan fingerprint density at radius 2 is 0.537 bits per heavy atom. The van der Waals surface area contributed by atoms with E-state index in [1.807, 2.05) is 0 Å². The minimum Gasteiger partial charge on any atom is -0.550 e. The molecule has 41 heavy (non-hydrogen) atoms. The van der Waals surface area contributed by atoms with Crippen molar-refractivity contribution < 1.29 is 58.6 Å². The molecule has 0 aliphatic carbocycles. The minimum absolute atomic E-state index is 0. The van der Waals surface area contributed by atoms with E-state index in [-0.39, 0.29) is 50.3 Å². The maximum atomic E-state index is 9.70. The molecule has 0 amide bonds. The Hall–Kier alpha value is -2.12. The number of carboxylic acid groups (broad SMARTS) is 4. The van der Waals surface area contributed by atoms with Gasteiger partial charge in [-0.1, -0.05) is 105 Å². The number of rotatable bonds is 20. The predicted molar refractivity (Wildman–Crippen MR) is 148 cm³/mol. The molecule has 0 rings (SSSR count). The number of unbranched alkanes of at least 4 members (excludes halogenated alkanes) is 12. The van der Waals surface area contributed by atoms with Crippen molar-refractivity contribution in [3.8, 4) is 0 Å². The molecule has 0 aromatic carbocycles. The van der Waals surface area contributed by atoms with Gasteiger partial charge < -0.3 is 58.6 Å². The van der Waals surface area contributed by atoms with Crippen LogP contribution in [0.2, 0.25) is 0 Å². The number of ether oxygens (including phenoxy) is 4. The van der Waals surface area contributed by atoms with E-state index in [2.05, 4.69) is 46.6 Å². The van der Waals surface area contributed by atoms with Crippen molar-refractivity contribution in [2.75, 3.05) is 26.4 Å². The second-order valence-electron chi connectivity index (χ2n) is 8.64. The van der Waals surface area contributed by atoms with Gasteiger partial charge in [0.25, 0.3) is 24.6 Å². The fourth-order valence-electron chi connectivity index (χ4n) is 2.74. The zero-order valence-corrected chi connectivity index (χ0v) is 28.4. The van der Waals surface area contributed by atoms with E-state index < -0.39 is 24.6 Å². The summed E-state index contributed by atoms with van der Waals surface area (Å²) in [7, 11) is 0. The van der Waals surface area contributed by atoms with Gasteiger partial charge >= 0.3 is 23.9 Å². The quantitative estimate of drug-likeness (QED) is 0.0779. The first-order chi connectivity index (χ1) is 19.1. The molecule has 0 aromatic rings. The molecule has 0 bridgehead atoms. The first kappa shape index (κ1) is 48.6. The molecule has 0 atom stereocenters. The van der Waals surface area contributed by atoms with E-state index in [4.69, 9.17) is 0 Å². The van der Waals surface area contributed by atoms with Crippen molar-refractivity contribution >= 4 is 48.5 Å². The molecular formula is C28H52O12Sn. The largest absolute Gasteiger partial charge is 4.00 e. The molecule has 0 spiro atoms. The van der Waals surface area contributed by atoms with Gasteiger partial charge in [0.1, 0.15) is 0 Å². The van der Waals surface area contributed by atoms with Gasteiger partial charge in [0.15, 0.2) is 0 Å². The van der Waals surface area contributed by atoms with E-state index in [0.29, 0.717) is 0 Å². The molecule has 0 saturated heterocycles. The third-order valence-corrected chi connectivity index (χ3v) is 4.87. The molecule has 0 fully saturated rings. The molecule has 0 heterocycles. The summed E-state index contributed by atoms with van der Waals surface area (Å²) in [5.74, 6) is 0. The Kier molecular flexibility index (Phi) is 53.2. The summed E-state index contributed by atoms with van der Waals surface area (Å²) in [4.78, 5) is 38.8. The Morgan fingerprint density at radius 1 is 0.366 bits per heavy atom. The van der Waals surface area contributed by atoms with Crippen LogP contribution in [0.1, 0.15) is 130 Å². The van der Waals surface area contributed by atoms with Gasteiger partial charge in [-0.15, -0.1) is 0 Å². The number of hydrogen-bond donors (Lipinski definition) is 0. The fourth-order valence-corrected chi connectivity index (χ4v) is 2.74. The third-order valence-electron chi connectivity index (χ3n) is 4.87. The van der Waals surface area contributed by atoms with Crippen LogP contribution in [0.3, 0.4) is 0 Å². The van der Waals surface area contributed by atoms with Gasteiger partial charge in [-0.2, -0.15) is 0 Å². The second kappa shape index (κ2) is 44.9. The Labute approximate surface area is 263 Å². The maximum Gasteiger partial charge on any atom is 4.00 e. The van der Waals surface area contributed by atoms with Crippen LogP contribution in [0.25, 0.3) is 0 Å². The van der Waals surface area contributed by atoms with Gasteiger partial charge in [0.05, 0.1) is 0 Å². The average molecular weight is 699 g/mol. The third kappa shape index (κ3) is 72.8. The monoisotopic (exact) mass is 700 g/mol. The molecular weight excluding hydrogens is 647 g/mol. The summed E-state index contributed by atoms with van der Waals surface area (Å²) in [6, 6.07) is 0. The van der Waals surface area contributed by atoms with Gasteiger partial charge in [0, 0.05) is 26.4 Å². The van der Waals surface area contributed by atoms with E-state index >= 15 is 0 Å². The van der Waals surface area contributed by atoms with Gasteiger partial charge in [-0.05, 0) is 25.7 Å². The van der Waals surface area contributed by atoms with Gasteiger partial charge in [-0.25, -0.2) is 0 Å². The normalized spacial score (nSPS) is 9.07. The summed E-state index contributed by atoms with van der Waals surface area (Å²) in [6.07, 6.45) is 10.8. The van der Waals surface area contributed by atoms with Crippen LogP contribution in [-0.2, 0) is 18.9 Å². The molecule has 240 valence electrons. The van der Waals surface area contributed by atoms with Crippen molar-refractivity contribution in [1.29, 1.82) is 0 Å². The summed E-state index contributed by atoms with van der Waals surface area (Å²) in [6.45, 7) is 9.51. The van der Waals surface area contributed by atoms with Crippen LogP contribution < -0.4 is 20.4 Å². The minimum atomic E-state index is -1.42. The van der Waals surface area contributed by atoms with Crippen LogP contribution in [0.4, 0.5) is 19.2 Å². The van der Waals surface area contributed by atoms with Crippen LogP contribution in [-0.4, -0.2) is 75.0 Å². The van der Waals surface area contributed by atoms with E-state index in [9.17, 15) is 39.6 Å². The Morgan fingerprint density at radius 3 is 0.659 bits per heavy atom. The molecule has 0 aliphatic heterocycles. The Bertz CT molecular complexity index is 466. The molecule has 13 heteroatoms.